The van der Waals surface area contributed by atoms with Crippen molar-refractivity contribution in [2.45, 2.75) is 32.2 Å². The Morgan fingerprint density at radius 2 is 1.89 bits per heavy atom. The van der Waals surface area contributed by atoms with Crippen molar-refractivity contribution in [1.29, 1.82) is 0 Å². The van der Waals surface area contributed by atoms with Crippen LogP contribution < -0.4 is 0 Å². The van der Waals surface area contributed by atoms with Gasteiger partial charge in [0.2, 0.25) is 5.84 Å². The SMILES string of the molecule is COC(=O)C1=CC=C2N=C(C(F)(F)F)N=C(N3CC(C)OC(C)C3)C2C=C1. The molecule has 3 unspecified atom stereocenters. The lowest BCUT2D eigenvalue weighted by atomic mass is 10.00. The van der Waals surface area contributed by atoms with E-state index < -0.39 is 23.9 Å². The summed E-state index contributed by atoms with van der Waals surface area (Å²) in [6.45, 7) is 4.56. The second-order valence-electron chi connectivity index (χ2n) is 6.61. The molecule has 0 spiro atoms. The number of halogens is 3. The first-order valence-electron chi connectivity index (χ1n) is 8.52. The van der Waals surface area contributed by atoms with Crippen LogP contribution in [-0.4, -0.2) is 61.1 Å². The van der Waals surface area contributed by atoms with Gasteiger partial charge < -0.3 is 14.4 Å². The molecule has 6 nitrogen and oxygen atoms in total. The minimum absolute atomic E-state index is 0.143. The highest BCUT2D eigenvalue weighted by molar-refractivity contribution is 6.05. The Morgan fingerprint density at radius 3 is 2.48 bits per heavy atom. The van der Waals surface area contributed by atoms with E-state index in [0.717, 1.165) is 0 Å². The van der Waals surface area contributed by atoms with Gasteiger partial charge in [0.25, 0.3) is 0 Å². The van der Waals surface area contributed by atoms with Crippen LogP contribution in [0.1, 0.15) is 13.8 Å². The molecule has 0 N–H and O–H groups in total. The molecule has 9 heteroatoms. The summed E-state index contributed by atoms with van der Waals surface area (Å²) in [5.41, 5.74) is 0.403. The summed E-state index contributed by atoms with van der Waals surface area (Å²) in [6, 6.07) is 0. The Morgan fingerprint density at radius 1 is 1.22 bits per heavy atom. The summed E-state index contributed by atoms with van der Waals surface area (Å²) in [5, 5.41) is 0. The van der Waals surface area contributed by atoms with Gasteiger partial charge in [-0.25, -0.2) is 14.8 Å². The normalized spacial score (nSPS) is 28.4. The van der Waals surface area contributed by atoms with Crippen LogP contribution in [0.4, 0.5) is 13.2 Å². The van der Waals surface area contributed by atoms with Crippen molar-refractivity contribution in [3.63, 3.8) is 0 Å². The van der Waals surface area contributed by atoms with E-state index in [1.165, 1.54) is 25.3 Å². The van der Waals surface area contributed by atoms with Crippen LogP contribution in [0.25, 0.3) is 0 Å². The van der Waals surface area contributed by atoms with Crippen molar-refractivity contribution < 1.29 is 27.4 Å². The van der Waals surface area contributed by atoms with Gasteiger partial charge in [-0.3, -0.25) is 0 Å². The topological polar surface area (TPSA) is 63.5 Å². The number of fused-ring (bicyclic) bond motifs is 1. The molecule has 3 rings (SSSR count). The summed E-state index contributed by atoms with van der Waals surface area (Å²) in [7, 11) is 1.24. The highest BCUT2D eigenvalue weighted by atomic mass is 19.4. The number of alkyl halides is 3. The number of ether oxygens (including phenoxy) is 2. The highest BCUT2D eigenvalue weighted by Crippen LogP contribution is 2.32. The molecule has 3 atom stereocenters. The van der Waals surface area contributed by atoms with Crippen LogP contribution in [0, 0.1) is 5.92 Å². The molecule has 2 heterocycles. The second kappa shape index (κ2) is 7.30. The van der Waals surface area contributed by atoms with Crippen molar-refractivity contribution in [3.05, 3.63) is 35.6 Å². The van der Waals surface area contributed by atoms with Crippen molar-refractivity contribution in [2.75, 3.05) is 20.2 Å². The van der Waals surface area contributed by atoms with Gasteiger partial charge in [-0.1, -0.05) is 12.2 Å². The van der Waals surface area contributed by atoms with Gasteiger partial charge in [0.1, 0.15) is 5.84 Å². The van der Waals surface area contributed by atoms with Crippen LogP contribution in [0.5, 0.6) is 0 Å². The maximum atomic E-state index is 13.3. The molecule has 0 aromatic heterocycles. The van der Waals surface area contributed by atoms with E-state index in [1.54, 1.807) is 11.0 Å². The molecular formula is C18H20F3N3O3. The molecule has 3 aliphatic rings. The Hall–Kier alpha value is -2.42. The lowest BCUT2D eigenvalue weighted by molar-refractivity contribution is -0.135. The Labute approximate surface area is 154 Å². The van der Waals surface area contributed by atoms with Gasteiger partial charge in [0.15, 0.2) is 0 Å². The van der Waals surface area contributed by atoms with Gasteiger partial charge in [-0.05, 0) is 26.0 Å². The number of allylic oxidation sites excluding steroid dienone is 2. The fraction of sp³-hybridized carbons (Fsp3) is 0.500. The summed E-state index contributed by atoms with van der Waals surface area (Å²) < 4.78 is 50.4. The molecule has 0 bridgehead atoms. The number of aliphatic imine (C=N–C) groups is 2. The standard InChI is InChI=1S/C18H20F3N3O3/c1-10-8-24(9-11(2)27-10)15-13-6-4-12(16(25)26-3)5-7-14(13)22-17(23-15)18(19,20)21/h4-7,10-11,13H,8-9H2,1-3H3. The number of esters is 1. The molecule has 0 radical (unpaired) electrons. The summed E-state index contributed by atoms with van der Waals surface area (Å²) in [5.74, 6) is -2.11. The molecule has 27 heavy (non-hydrogen) atoms. The fourth-order valence-electron chi connectivity index (χ4n) is 3.30. The van der Waals surface area contributed by atoms with E-state index in [0.29, 0.717) is 13.1 Å². The molecule has 0 saturated carbocycles. The number of carbonyl (C=O) groups is 1. The third-order valence-electron chi connectivity index (χ3n) is 4.37. The van der Waals surface area contributed by atoms with Crippen LogP contribution in [0.15, 0.2) is 45.6 Å². The molecule has 1 fully saturated rings. The first kappa shape index (κ1) is 19.3. The molecule has 1 saturated heterocycles. The lowest BCUT2D eigenvalue weighted by Crippen LogP contribution is -2.51. The highest BCUT2D eigenvalue weighted by Gasteiger charge is 2.42. The maximum absolute atomic E-state index is 13.3. The number of rotatable bonds is 1. The number of hydrogen-bond donors (Lipinski definition) is 0. The quantitative estimate of drug-likeness (QED) is 0.653. The van der Waals surface area contributed by atoms with Gasteiger partial charge in [0, 0.05) is 13.1 Å². The molecule has 2 aliphatic heterocycles. The van der Waals surface area contributed by atoms with Crippen molar-refractivity contribution in [2.24, 2.45) is 15.9 Å². The van der Waals surface area contributed by atoms with E-state index in [1.807, 2.05) is 13.8 Å². The smallest absolute Gasteiger partial charge is 0.451 e. The summed E-state index contributed by atoms with van der Waals surface area (Å²) in [4.78, 5) is 21.1. The predicted octanol–water partition coefficient (Wildman–Crippen LogP) is 2.64. The second-order valence-corrected chi connectivity index (χ2v) is 6.61. The molecule has 1 aliphatic carbocycles. The van der Waals surface area contributed by atoms with Crippen LogP contribution in [-0.2, 0) is 14.3 Å². The predicted molar refractivity (Wildman–Crippen MR) is 93.3 cm³/mol. The van der Waals surface area contributed by atoms with E-state index in [9.17, 15) is 18.0 Å². The van der Waals surface area contributed by atoms with Crippen LogP contribution in [0.3, 0.4) is 0 Å². The minimum atomic E-state index is -4.68. The average Bonchev–Trinajstić information content (AvgIpc) is 2.81. The molecular weight excluding hydrogens is 363 g/mol. The summed E-state index contributed by atoms with van der Waals surface area (Å²) in [6.07, 6.45) is 1.00. The zero-order chi connectivity index (χ0) is 19.8. The van der Waals surface area contributed by atoms with E-state index in [2.05, 4.69) is 14.7 Å². The monoisotopic (exact) mass is 383 g/mol. The number of methoxy groups -OCH3 is 1. The Kier molecular flexibility index (Phi) is 5.23. The largest absolute Gasteiger partial charge is 0.465 e. The average molecular weight is 383 g/mol. The van der Waals surface area contributed by atoms with Crippen LogP contribution in [0.2, 0.25) is 0 Å². The van der Waals surface area contributed by atoms with Crippen molar-refractivity contribution in [3.8, 4) is 0 Å². The fourth-order valence-corrected chi connectivity index (χ4v) is 3.30. The molecule has 0 aromatic carbocycles. The van der Waals surface area contributed by atoms with Crippen LogP contribution >= 0.6 is 0 Å². The molecule has 0 aromatic rings. The number of hydrogen-bond acceptors (Lipinski definition) is 6. The third kappa shape index (κ3) is 4.13. The van der Waals surface area contributed by atoms with E-state index in [4.69, 9.17) is 4.74 Å². The number of carbonyl (C=O) groups excluding carboxylic acids is 1. The number of morpholine rings is 1. The zero-order valence-corrected chi connectivity index (χ0v) is 15.2. The van der Waals surface area contributed by atoms with Gasteiger partial charge in [-0.2, -0.15) is 13.2 Å². The molecule has 0 amide bonds. The first-order chi connectivity index (χ1) is 12.7. The van der Waals surface area contributed by atoms with Crippen molar-refractivity contribution >= 4 is 17.6 Å². The van der Waals surface area contributed by atoms with Crippen molar-refractivity contribution in [1.82, 2.24) is 4.90 Å². The first-order valence-corrected chi connectivity index (χ1v) is 8.52. The Bertz CT molecular complexity index is 770. The van der Waals surface area contributed by atoms with E-state index >= 15 is 0 Å². The third-order valence-corrected chi connectivity index (χ3v) is 4.37. The zero-order valence-electron chi connectivity index (χ0n) is 15.2. The van der Waals surface area contributed by atoms with Gasteiger partial charge in [0.05, 0.1) is 36.5 Å². The number of nitrogens with zero attached hydrogens (tertiary/aromatic N) is 3. The number of amidine groups is 2. The van der Waals surface area contributed by atoms with E-state index in [-0.39, 0.29) is 29.3 Å². The minimum Gasteiger partial charge on any atom is -0.465 e. The molecule has 146 valence electrons. The van der Waals surface area contributed by atoms with Gasteiger partial charge in [-0.15, -0.1) is 0 Å². The maximum Gasteiger partial charge on any atom is 0.451 e. The summed E-state index contributed by atoms with van der Waals surface area (Å²) >= 11 is 0. The van der Waals surface area contributed by atoms with Gasteiger partial charge >= 0.3 is 12.1 Å². The Balaban J connectivity index is 2.03. The lowest BCUT2D eigenvalue weighted by Gasteiger charge is -2.40.